The van der Waals surface area contributed by atoms with Crippen LogP contribution in [0, 0.1) is 28.6 Å². The first-order chi connectivity index (χ1) is 9.43. The highest BCUT2D eigenvalue weighted by Crippen LogP contribution is 2.20. The predicted octanol–water partition coefficient (Wildman–Crippen LogP) is 2.12. The largest absolute Gasteiger partial charge is 0.244 e. The van der Waals surface area contributed by atoms with Crippen molar-refractivity contribution >= 4 is 10.0 Å². The predicted molar refractivity (Wildman–Crippen MR) is 75.0 cm³/mol. The van der Waals surface area contributed by atoms with Gasteiger partial charge in [-0.05, 0) is 18.1 Å². The van der Waals surface area contributed by atoms with Crippen LogP contribution in [-0.2, 0) is 10.0 Å². The molecule has 0 fully saturated rings. The second-order valence-electron chi connectivity index (χ2n) is 4.77. The molecule has 0 aliphatic rings. The highest BCUT2D eigenvalue weighted by Gasteiger charge is 2.27. The maximum atomic E-state index is 12.6. The average molecular weight is 291 g/mol. The summed E-state index contributed by atoms with van der Waals surface area (Å²) in [6.07, 6.45) is 0.126. The van der Waals surface area contributed by atoms with E-state index in [1.807, 2.05) is 26.0 Å². The molecule has 0 heterocycles. The molecule has 20 heavy (non-hydrogen) atoms. The van der Waals surface area contributed by atoms with Gasteiger partial charge in [0.05, 0.1) is 16.5 Å². The zero-order chi connectivity index (χ0) is 15.2. The van der Waals surface area contributed by atoms with Crippen molar-refractivity contribution in [2.75, 3.05) is 13.1 Å². The van der Waals surface area contributed by atoms with Crippen LogP contribution >= 0.6 is 0 Å². The second-order valence-corrected chi connectivity index (χ2v) is 6.68. The molecule has 5 nitrogen and oxygen atoms in total. The summed E-state index contributed by atoms with van der Waals surface area (Å²) in [5.74, 6) is 0.137. The van der Waals surface area contributed by atoms with Gasteiger partial charge in [0.25, 0.3) is 0 Å². The molecular weight excluding hydrogens is 274 g/mol. The third-order valence-corrected chi connectivity index (χ3v) is 4.59. The maximum Gasteiger partial charge on any atom is 0.244 e. The lowest BCUT2D eigenvalue weighted by molar-refractivity contribution is 0.373. The molecule has 0 unspecified atom stereocenters. The lowest BCUT2D eigenvalue weighted by Crippen LogP contribution is -2.35. The molecule has 0 spiro atoms. The summed E-state index contributed by atoms with van der Waals surface area (Å²) in [6, 6.07) is 9.96. The SMILES string of the molecule is CC(C)CN(CCC#N)S(=O)(=O)c1ccccc1C#N. The van der Waals surface area contributed by atoms with Crippen LogP contribution < -0.4 is 0 Å². The number of nitriles is 2. The second kappa shape index (κ2) is 7.04. The number of nitrogens with zero attached hydrogens (tertiary/aromatic N) is 3. The Balaban J connectivity index is 3.22. The normalized spacial score (nSPS) is 11.3. The van der Waals surface area contributed by atoms with E-state index in [-0.39, 0.29) is 29.3 Å². The number of benzene rings is 1. The minimum atomic E-state index is -3.75. The highest BCUT2D eigenvalue weighted by molar-refractivity contribution is 7.89. The Morgan fingerprint density at radius 1 is 1.25 bits per heavy atom. The van der Waals surface area contributed by atoms with Crippen LogP contribution in [0.15, 0.2) is 29.2 Å². The minimum absolute atomic E-state index is 0.00101. The van der Waals surface area contributed by atoms with Crippen molar-refractivity contribution in [3.8, 4) is 12.1 Å². The summed E-state index contributed by atoms with van der Waals surface area (Å²) in [6.45, 7) is 4.27. The van der Waals surface area contributed by atoms with E-state index in [9.17, 15) is 8.42 Å². The lowest BCUT2D eigenvalue weighted by atomic mass is 10.2. The standard InChI is InChI=1S/C14H17N3O2S/c1-12(2)11-17(9-5-8-15)20(18,19)14-7-4-3-6-13(14)10-16/h3-4,6-7,12H,5,9,11H2,1-2H3. The fraction of sp³-hybridized carbons (Fsp3) is 0.429. The molecule has 0 aliphatic carbocycles. The van der Waals surface area contributed by atoms with Gasteiger partial charge in [-0.3, -0.25) is 0 Å². The van der Waals surface area contributed by atoms with Crippen LogP contribution in [0.3, 0.4) is 0 Å². The lowest BCUT2D eigenvalue weighted by Gasteiger charge is -2.23. The summed E-state index contributed by atoms with van der Waals surface area (Å²) in [5.41, 5.74) is 0.123. The van der Waals surface area contributed by atoms with Crippen molar-refractivity contribution in [1.29, 1.82) is 10.5 Å². The van der Waals surface area contributed by atoms with Gasteiger partial charge in [-0.25, -0.2) is 8.42 Å². The molecule has 0 aliphatic heterocycles. The topological polar surface area (TPSA) is 85.0 Å². The van der Waals surface area contributed by atoms with Gasteiger partial charge >= 0.3 is 0 Å². The fourth-order valence-electron chi connectivity index (χ4n) is 1.81. The molecule has 0 aromatic heterocycles. The van der Waals surface area contributed by atoms with Crippen LogP contribution in [-0.4, -0.2) is 25.8 Å². The molecule has 0 amide bonds. The molecule has 0 bridgehead atoms. The molecular formula is C14H17N3O2S. The van der Waals surface area contributed by atoms with E-state index in [0.29, 0.717) is 6.54 Å². The molecule has 0 saturated carbocycles. The summed E-state index contributed by atoms with van der Waals surface area (Å²) < 4.78 is 26.5. The molecule has 6 heteroatoms. The molecule has 1 rings (SSSR count). The zero-order valence-electron chi connectivity index (χ0n) is 11.6. The first-order valence-corrected chi connectivity index (χ1v) is 7.73. The smallest absolute Gasteiger partial charge is 0.207 e. The van der Waals surface area contributed by atoms with Crippen molar-refractivity contribution in [2.24, 2.45) is 5.92 Å². The van der Waals surface area contributed by atoms with Crippen molar-refractivity contribution in [2.45, 2.75) is 25.2 Å². The molecule has 1 aromatic carbocycles. The molecule has 0 N–H and O–H groups in total. The average Bonchev–Trinajstić information content (AvgIpc) is 2.42. The van der Waals surface area contributed by atoms with Gasteiger partial charge in [0.15, 0.2) is 0 Å². The van der Waals surface area contributed by atoms with Crippen LogP contribution in [0.4, 0.5) is 0 Å². The van der Waals surface area contributed by atoms with Gasteiger partial charge in [-0.1, -0.05) is 26.0 Å². The van der Waals surface area contributed by atoms with Crippen LogP contribution in [0.5, 0.6) is 0 Å². The molecule has 0 radical (unpaired) electrons. The van der Waals surface area contributed by atoms with Gasteiger partial charge in [0, 0.05) is 19.5 Å². The van der Waals surface area contributed by atoms with E-state index in [2.05, 4.69) is 0 Å². The molecule has 0 saturated heterocycles. The first-order valence-electron chi connectivity index (χ1n) is 6.29. The van der Waals surface area contributed by atoms with Gasteiger partial charge < -0.3 is 0 Å². The van der Waals surface area contributed by atoms with Crippen LogP contribution in [0.25, 0.3) is 0 Å². The third kappa shape index (κ3) is 3.80. The van der Waals surface area contributed by atoms with Crippen molar-refractivity contribution in [3.63, 3.8) is 0 Å². The zero-order valence-corrected chi connectivity index (χ0v) is 12.4. The minimum Gasteiger partial charge on any atom is -0.207 e. The third-order valence-electron chi connectivity index (χ3n) is 2.67. The van der Waals surface area contributed by atoms with Crippen molar-refractivity contribution in [3.05, 3.63) is 29.8 Å². The van der Waals surface area contributed by atoms with Gasteiger partial charge in [0.1, 0.15) is 6.07 Å². The van der Waals surface area contributed by atoms with E-state index in [4.69, 9.17) is 10.5 Å². The number of sulfonamides is 1. The Hall–Kier alpha value is -1.89. The van der Waals surface area contributed by atoms with Crippen LogP contribution in [0.1, 0.15) is 25.8 Å². The Bertz CT molecular complexity index is 639. The van der Waals surface area contributed by atoms with E-state index in [0.717, 1.165) is 0 Å². The summed E-state index contributed by atoms with van der Waals surface area (Å²) >= 11 is 0. The maximum absolute atomic E-state index is 12.6. The Morgan fingerprint density at radius 3 is 2.45 bits per heavy atom. The number of rotatable bonds is 6. The summed E-state index contributed by atoms with van der Waals surface area (Å²) in [5, 5.41) is 17.7. The molecule has 106 valence electrons. The van der Waals surface area contributed by atoms with Crippen molar-refractivity contribution in [1.82, 2.24) is 4.31 Å². The molecule has 1 aromatic rings. The van der Waals surface area contributed by atoms with E-state index in [1.165, 1.54) is 16.4 Å². The highest BCUT2D eigenvalue weighted by atomic mass is 32.2. The molecule has 0 atom stereocenters. The van der Waals surface area contributed by atoms with Gasteiger partial charge in [-0.15, -0.1) is 0 Å². The van der Waals surface area contributed by atoms with E-state index in [1.54, 1.807) is 12.1 Å². The Labute approximate surface area is 120 Å². The monoisotopic (exact) mass is 291 g/mol. The quantitative estimate of drug-likeness (QED) is 0.803. The van der Waals surface area contributed by atoms with Gasteiger partial charge in [-0.2, -0.15) is 14.8 Å². The Morgan fingerprint density at radius 2 is 1.90 bits per heavy atom. The Kier molecular flexibility index (Phi) is 5.69. The van der Waals surface area contributed by atoms with E-state index < -0.39 is 10.0 Å². The number of hydrogen-bond acceptors (Lipinski definition) is 4. The fourth-order valence-corrected chi connectivity index (χ4v) is 3.56. The summed E-state index contributed by atoms with van der Waals surface area (Å²) in [7, 11) is -3.75. The first kappa shape index (κ1) is 16.2. The van der Waals surface area contributed by atoms with Gasteiger partial charge in [0.2, 0.25) is 10.0 Å². The summed E-state index contributed by atoms with van der Waals surface area (Å²) in [4.78, 5) is 0.00101. The van der Waals surface area contributed by atoms with E-state index >= 15 is 0 Å². The van der Waals surface area contributed by atoms with Crippen molar-refractivity contribution < 1.29 is 8.42 Å². The van der Waals surface area contributed by atoms with Crippen LogP contribution in [0.2, 0.25) is 0 Å². The number of hydrogen-bond donors (Lipinski definition) is 0.